The fraction of sp³-hybridized carbons (Fsp3) is 0.182. The van der Waals surface area contributed by atoms with Crippen molar-refractivity contribution in [3.63, 3.8) is 0 Å². The van der Waals surface area contributed by atoms with Crippen LogP contribution in [0.15, 0.2) is 38.7 Å². The van der Waals surface area contributed by atoms with Crippen LogP contribution in [-0.2, 0) is 9.84 Å². The SMILES string of the molecule is C/C(=C/Cl)CS(=O)(=O)c1cc(C(=O)O)ccc1Br. The molecule has 0 aliphatic carbocycles. The molecular formula is C11H10BrClO4S. The van der Waals surface area contributed by atoms with Crippen molar-refractivity contribution in [1.29, 1.82) is 0 Å². The van der Waals surface area contributed by atoms with Crippen molar-refractivity contribution >= 4 is 43.3 Å². The molecule has 1 rings (SSSR count). The van der Waals surface area contributed by atoms with Gasteiger partial charge in [0.25, 0.3) is 0 Å². The Bertz CT molecular complexity index is 607. The third-order valence-electron chi connectivity index (χ3n) is 2.12. The number of hydrogen-bond acceptors (Lipinski definition) is 3. The lowest BCUT2D eigenvalue weighted by Crippen LogP contribution is -2.10. The molecule has 1 N–H and O–H groups in total. The highest BCUT2D eigenvalue weighted by Gasteiger charge is 2.20. The lowest BCUT2D eigenvalue weighted by molar-refractivity contribution is 0.0696. The van der Waals surface area contributed by atoms with Crippen LogP contribution in [0.1, 0.15) is 17.3 Å². The number of rotatable bonds is 4. The number of hydrogen-bond donors (Lipinski definition) is 1. The first kappa shape index (κ1) is 15.2. The molecule has 98 valence electrons. The molecule has 4 nitrogen and oxygen atoms in total. The van der Waals surface area contributed by atoms with Gasteiger partial charge in [0, 0.05) is 10.0 Å². The molecule has 0 aliphatic heterocycles. The minimum absolute atomic E-state index is 0.0553. The minimum atomic E-state index is -3.62. The standard InChI is InChI=1S/C11H10BrClO4S/c1-7(5-13)6-18(16,17)10-4-8(11(14)15)2-3-9(10)12/h2-5H,6H2,1H3,(H,14,15)/b7-5-. The van der Waals surface area contributed by atoms with Crippen LogP contribution in [0.25, 0.3) is 0 Å². The molecule has 0 heterocycles. The lowest BCUT2D eigenvalue weighted by atomic mass is 10.2. The number of aromatic carboxylic acids is 1. The first-order valence-electron chi connectivity index (χ1n) is 4.79. The van der Waals surface area contributed by atoms with Crippen LogP contribution in [0.4, 0.5) is 0 Å². The van der Waals surface area contributed by atoms with E-state index in [0.717, 1.165) is 6.07 Å². The van der Waals surface area contributed by atoms with Gasteiger partial charge >= 0.3 is 5.97 Å². The van der Waals surface area contributed by atoms with Crippen LogP contribution in [-0.4, -0.2) is 25.2 Å². The van der Waals surface area contributed by atoms with E-state index in [-0.39, 0.29) is 16.2 Å². The summed E-state index contributed by atoms with van der Waals surface area (Å²) in [6.07, 6.45) is 0. The third kappa shape index (κ3) is 3.57. The molecule has 0 spiro atoms. The van der Waals surface area contributed by atoms with Crippen LogP contribution in [0, 0.1) is 0 Å². The van der Waals surface area contributed by atoms with Crippen LogP contribution in [0.3, 0.4) is 0 Å². The second-order valence-electron chi connectivity index (χ2n) is 3.66. The maximum atomic E-state index is 12.1. The van der Waals surface area contributed by atoms with E-state index in [1.807, 2.05) is 0 Å². The predicted octanol–water partition coefficient (Wildman–Crippen LogP) is 3.06. The number of carboxylic acid groups (broad SMARTS) is 1. The Balaban J connectivity index is 3.32. The van der Waals surface area contributed by atoms with Crippen LogP contribution in [0.5, 0.6) is 0 Å². The number of halogens is 2. The van der Waals surface area contributed by atoms with Gasteiger partial charge in [0.1, 0.15) is 0 Å². The van der Waals surface area contributed by atoms with E-state index >= 15 is 0 Å². The second-order valence-corrected chi connectivity index (χ2v) is 6.70. The third-order valence-corrected chi connectivity index (χ3v) is 5.29. The first-order valence-corrected chi connectivity index (χ1v) is 7.67. The van der Waals surface area contributed by atoms with E-state index in [4.69, 9.17) is 16.7 Å². The van der Waals surface area contributed by atoms with Gasteiger partial charge in [-0.2, -0.15) is 0 Å². The number of carbonyl (C=O) groups is 1. The topological polar surface area (TPSA) is 71.4 Å². The van der Waals surface area contributed by atoms with Crippen molar-refractivity contribution < 1.29 is 18.3 Å². The summed E-state index contributed by atoms with van der Waals surface area (Å²) in [5.41, 5.74) is 1.58. The van der Waals surface area contributed by atoms with Crippen molar-refractivity contribution in [1.82, 2.24) is 0 Å². The molecule has 0 aliphatic rings. The van der Waals surface area contributed by atoms with Crippen molar-refractivity contribution in [3.05, 3.63) is 39.3 Å². The summed E-state index contributed by atoms with van der Waals surface area (Å²) in [6.45, 7) is 1.58. The summed E-state index contributed by atoms with van der Waals surface area (Å²) in [5, 5.41) is 8.85. The summed E-state index contributed by atoms with van der Waals surface area (Å²) in [7, 11) is -3.62. The zero-order valence-electron chi connectivity index (χ0n) is 9.35. The van der Waals surface area contributed by atoms with Crippen molar-refractivity contribution in [2.75, 3.05) is 5.75 Å². The van der Waals surface area contributed by atoms with E-state index in [1.165, 1.54) is 17.7 Å². The summed E-state index contributed by atoms with van der Waals surface area (Å²) in [6, 6.07) is 3.86. The van der Waals surface area contributed by atoms with E-state index in [9.17, 15) is 13.2 Å². The molecule has 18 heavy (non-hydrogen) atoms. The zero-order chi connectivity index (χ0) is 13.9. The largest absolute Gasteiger partial charge is 0.478 e. The highest BCUT2D eigenvalue weighted by Crippen LogP contribution is 2.25. The molecular weight excluding hydrogens is 344 g/mol. The normalized spacial score (nSPS) is 12.5. The number of benzene rings is 1. The van der Waals surface area contributed by atoms with Crippen molar-refractivity contribution in [2.45, 2.75) is 11.8 Å². The molecule has 0 saturated carbocycles. The smallest absolute Gasteiger partial charge is 0.335 e. The molecule has 0 saturated heterocycles. The van der Waals surface area contributed by atoms with Gasteiger partial charge in [-0.25, -0.2) is 13.2 Å². The number of carboxylic acids is 1. The zero-order valence-corrected chi connectivity index (χ0v) is 12.5. The highest BCUT2D eigenvalue weighted by atomic mass is 79.9. The molecule has 0 radical (unpaired) electrons. The van der Waals surface area contributed by atoms with Gasteiger partial charge in [-0.3, -0.25) is 0 Å². The van der Waals surface area contributed by atoms with Crippen molar-refractivity contribution in [2.24, 2.45) is 0 Å². The Morgan fingerprint density at radius 2 is 2.11 bits per heavy atom. The Labute approximate surface area is 118 Å². The van der Waals surface area contributed by atoms with E-state index < -0.39 is 15.8 Å². The fourth-order valence-electron chi connectivity index (χ4n) is 1.28. The highest BCUT2D eigenvalue weighted by molar-refractivity contribution is 9.10. The quantitative estimate of drug-likeness (QED) is 0.903. The fourth-order valence-corrected chi connectivity index (χ4v) is 3.95. The lowest BCUT2D eigenvalue weighted by Gasteiger charge is -2.07. The van der Waals surface area contributed by atoms with Crippen LogP contribution in [0.2, 0.25) is 0 Å². The Morgan fingerprint density at radius 3 is 2.61 bits per heavy atom. The number of sulfone groups is 1. The molecule has 0 aromatic heterocycles. The molecule has 0 bridgehead atoms. The van der Waals surface area contributed by atoms with Gasteiger partial charge in [0.15, 0.2) is 9.84 Å². The Morgan fingerprint density at radius 1 is 1.50 bits per heavy atom. The Hall–Kier alpha value is -0.850. The van der Waals surface area contributed by atoms with Gasteiger partial charge in [0.05, 0.1) is 16.2 Å². The van der Waals surface area contributed by atoms with Crippen molar-refractivity contribution in [3.8, 4) is 0 Å². The summed E-state index contributed by atoms with van der Waals surface area (Å²) in [4.78, 5) is 10.8. The van der Waals surface area contributed by atoms with Gasteiger partial charge in [-0.15, -0.1) is 0 Å². The maximum Gasteiger partial charge on any atom is 0.335 e. The minimum Gasteiger partial charge on any atom is -0.478 e. The van der Waals surface area contributed by atoms with Gasteiger partial charge < -0.3 is 5.11 Å². The molecule has 0 atom stereocenters. The van der Waals surface area contributed by atoms with Gasteiger partial charge in [-0.05, 0) is 46.6 Å². The predicted molar refractivity (Wildman–Crippen MR) is 72.8 cm³/mol. The second kappa shape index (κ2) is 5.86. The summed E-state index contributed by atoms with van der Waals surface area (Å²) in [5.74, 6) is -1.43. The molecule has 1 aromatic rings. The summed E-state index contributed by atoms with van der Waals surface area (Å²) >= 11 is 8.54. The van der Waals surface area contributed by atoms with E-state index in [1.54, 1.807) is 6.92 Å². The average molecular weight is 354 g/mol. The summed E-state index contributed by atoms with van der Waals surface area (Å²) < 4.78 is 24.5. The first-order chi connectivity index (χ1) is 8.27. The van der Waals surface area contributed by atoms with Gasteiger partial charge in [-0.1, -0.05) is 11.6 Å². The van der Waals surface area contributed by atoms with Gasteiger partial charge in [0.2, 0.25) is 0 Å². The molecule has 0 fully saturated rings. The van der Waals surface area contributed by atoms with E-state index in [2.05, 4.69) is 15.9 Å². The molecule has 7 heteroatoms. The van der Waals surface area contributed by atoms with Crippen LogP contribution < -0.4 is 0 Å². The average Bonchev–Trinajstić information content (AvgIpc) is 2.28. The molecule has 1 aromatic carbocycles. The maximum absolute atomic E-state index is 12.1. The molecule has 0 unspecified atom stereocenters. The molecule has 0 amide bonds. The monoisotopic (exact) mass is 352 g/mol. The van der Waals surface area contributed by atoms with Crippen LogP contribution >= 0.6 is 27.5 Å². The Kier molecular flexibility index (Phi) is 4.95. The van der Waals surface area contributed by atoms with E-state index in [0.29, 0.717) is 10.0 Å².